The molecule has 5 nitrogen and oxygen atoms in total. The molecule has 0 aliphatic heterocycles. The SMILES string of the molecule is CCNc1ccc(C(=O)NCCN(CC)C2CC2)cn1. The molecular formula is C15H24N4O. The topological polar surface area (TPSA) is 57.3 Å². The minimum atomic E-state index is -0.0487. The number of likely N-dealkylation sites (N-methyl/N-ethyl adjacent to an activating group) is 1. The van der Waals surface area contributed by atoms with Crippen molar-refractivity contribution >= 4 is 11.7 Å². The summed E-state index contributed by atoms with van der Waals surface area (Å²) in [6.45, 7) is 7.69. The highest BCUT2D eigenvalue weighted by Crippen LogP contribution is 2.25. The molecule has 0 aromatic carbocycles. The van der Waals surface area contributed by atoms with Crippen LogP contribution in [0, 0.1) is 0 Å². The van der Waals surface area contributed by atoms with Gasteiger partial charge in [0.05, 0.1) is 5.56 Å². The third kappa shape index (κ3) is 4.20. The second-order valence-corrected chi connectivity index (χ2v) is 5.08. The molecule has 1 aliphatic rings. The number of carbonyl (C=O) groups excluding carboxylic acids is 1. The lowest BCUT2D eigenvalue weighted by atomic mass is 10.2. The molecule has 0 unspecified atom stereocenters. The fourth-order valence-electron chi connectivity index (χ4n) is 2.27. The molecule has 1 aromatic rings. The van der Waals surface area contributed by atoms with Crippen LogP contribution in [-0.2, 0) is 0 Å². The van der Waals surface area contributed by atoms with E-state index in [1.807, 2.05) is 13.0 Å². The third-order valence-corrected chi connectivity index (χ3v) is 3.54. The maximum absolute atomic E-state index is 12.0. The molecule has 2 N–H and O–H groups in total. The van der Waals surface area contributed by atoms with E-state index in [1.165, 1.54) is 12.8 Å². The Morgan fingerprint density at radius 2 is 2.20 bits per heavy atom. The van der Waals surface area contributed by atoms with E-state index in [0.717, 1.165) is 31.5 Å². The average molecular weight is 276 g/mol. The molecule has 0 atom stereocenters. The molecule has 0 radical (unpaired) electrons. The monoisotopic (exact) mass is 276 g/mol. The minimum Gasteiger partial charge on any atom is -0.370 e. The molecule has 110 valence electrons. The van der Waals surface area contributed by atoms with Gasteiger partial charge >= 0.3 is 0 Å². The van der Waals surface area contributed by atoms with Crippen LogP contribution in [0.5, 0.6) is 0 Å². The van der Waals surface area contributed by atoms with E-state index >= 15 is 0 Å². The van der Waals surface area contributed by atoms with Crippen molar-refractivity contribution in [2.75, 3.05) is 31.5 Å². The smallest absolute Gasteiger partial charge is 0.252 e. The molecule has 20 heavy (non-hydrogen) atoms. The number of carbonyl (C=O) groups is 1. The second kappa shape index (κ2) is 7.24. The first-order chi connectivity index (χ1) is 9.74. The molecule has 1 heterocycles. The lowest BCUT2D eigenvalue weighted by Crippen LogP contribution is -2.36. The molecule has 1 aromatic heterocycles. The summed E-state index contributed by atoms with van der Waals surface area (Å²) in [5, 5.41) is 6.07. The molecular weight excluding hydrogens is 252 g/mol. The fourth-order valence-corrected chi connectivity index (χ4v) is 2.27. The van der Waals surface area contributed by atoms with Gasteiger partial charge < -0.3 is 10.6 Å². The van der Waals surface area contributed by atoms with Gasteiger partial charge in [0.25, 0.3) is 5.91 Å². The summed E-state index contributed by atoms with van der Waals surface area (Å²) >= 11 is 0. The molecule has 1 aliphatic carbocycles. The van der Waals surface area contributed by atoms with Crippen LogP contribution >= 0.6 is 0 Å². The molecule has 0 spiro atoms. The van der Waals surface area contributed by atoms with Crippen molar-refractivity contribution in [3.05, 3.63) is 23.9 Å². The fraction of sp³-hybridized carbons (Fsp3) is 0.600. The predicted octanol–water partition coefficient (Wildman–Crippen LogP) is 1.73. The Hall–Kier alpha value is -1.62. The van der Waals surface area contributed by atoms with Crippen LogP contribution in [0.25, 0.3) is 0 Å². The van der Waals surface area contributed by atoms with Crippen LogP contribution in [0.15, 0.2) is 18.3 Å². The summed E-state index contributed by atoms with van der Waals surface area (Å²) in [5.41, 5.74) is 0.612. The third-order valence-electron chi connectivity index (χ3n) is 3.54. The van der Waals surface area contributed by atoms with Gasteiger partial charge in [0.15, 0.2) is 0 Å². The quantitative estimate of drug-likeness (QED) is 0.759. The Bertz CT molecular complexity index is 428. The van der Waals surface area contributed by atoms with Crippen LogP contribution in [0.2, 0.25) is 0 Å². The number of nitrogens with one attached hydrogen (secondary N) is 2. The van der Waals surface area contributed by atoms with Gasteiger partial charge in [-0.1, -0.05) is 6.92 Å². The number of hydrogen-bond acceptors (Lipinski definition) is 4. The first-order valence-electron chi connectivity index (χ1n) is 7.46. The van der Waals surface area contributed by atoms with Crippen molar-refractivity contribution in [1.29, 1.82) is 0 Å². The molecule has 1 amide bonds. The molecule has 1 saturated carbocycles. The van der Waals surface area contributed by atoms with E-state index in [9.17, 15) is 4.79 Å². The first kappa shape index (κ1) is 14.8. The maximum Gasteiger partial charge on any atom is 0.252 e. The first-order valence-corrected chi connectivity index (χ1v) is 7.46. The van der Waals surface area contributed by atoms with Crippen molar-refractivity contribution in [1.82, 2.24) is 15.2 Å². The summed E-state index contributed by atoms with van der Waals surface area (Å²) in [6, 6.07) is 4.39. The molecule has 0 bridgehead atoms. The van der Waals surface area contributed by atoms with Crippen molar-refractivity contribution in [2.45, 2.75) is 32.7 Å². The van der Waals surface area contributed by atoms with Gasteiger partial charge in [0.1, 0.15) is 5.82 Å². The van der Waals surface area contributed by atoms with Gasteiger partial charge in [0, 0.05) is 31.9 Å². The molecule has 0 saturated heterocycles. The summed E-state index contributed by atoms with van der Waals surface area (Å²) in [6.07, 6.45) is 4.22. The van der Waals surface area contributed by atoms with Crippen molar-refractivity contribution in [2.24, 2.45) is 0 Å². The van der Waals surface area contributed by atoms with Gasteiger partial charge in [-0.2, -0.15) is 0 Å². The highest BCUT2D eigenvalue weighted by Gasteiger charge is 2.27. The Balaban J connectivity index is 1.76. The number of aromatic nitrogens is 1. The highest BCUT2D eigenvalue weighted by atomic mass is 16.1. The second-order valence-electron chi connectivity index (χ2n) is 5.08. The average Bonchev–Trinajstić information content (AvgIpc) is 3.29. The summed E-state index contributed by atoms with van der Waals surface area (Å²) in [4.78, 5) is 18.6. The van der Waals surface area contributed by atoms with Gasteiger partial charge in [-0.15, -0.1) is 0 Å². The lowest BCUT2D eigenvalue weighted by Gasteiger charge is -2.19. The van der Waals surface area contributed by atoms with Crippen LogP contribution in [0.4, 0.5) is 5.82 Å². The summed E-state index contributed by atoms with van der Waals surface area (Å²) in [7, 11) is 0. The Morgan fingerprint density at radius 1 is 1.40 bits per heavy atom. The zero-order chi connectivity index (χ0) is 14.4. The van der Waals surface area contributed by atoms with Crippen LogP contribution in [0.3, 0.4) is 0 Å². The Kier molecular flexibility index (Phi) is 5.35. The number of hydrogen-bond donors (Lipinski definition) is 2. The Labute approximate surface area is 120 Å². The molecule has 5 heteroatoms. The van der Waals surface area contributed by atoms with Gasteiger partial charge in [-0.25, -0.2) is 4.98 Å². The predicted molar refractivity (Wildman–Crippen MR) is 81.0 cm³/mol. The van der Waals surface area contributed by atoms with Crippen LogP contribution in [-0.4, -0.2) is 48.0 Å². The zero-order valence-corrected chi connectivity index (χ0v) is 12.4. The minimum absolute atomic E-state index is 0.0487. The molecule has 2 rings (SSSR count). The standard InChI is InChI=1S/C15H24N4O/c1-3-16-14-8-5-12(11-18-14)15(20)17-9-10-19(4-2)13-6-7-13/h5,8,11,13H,3-4,6-7,9-10H2,1-2H3,(H,16,18)(H,17,20). The van der Waals surface area contributed by atoms with Crippen molar-refractivity contribution in [3.8, 4) is 0 Å². The van der Waals surface area contributed by atoms with Gasteiger partial charge in [-0.05, 0) is 38.4 Å². The van der Waals surface area contributed by atoms with Gasteiger partial charge in [-0.3, -0.25) is 9.69 Å². The number of amides is 1. The number of anilines is 1. The maximum atomic E-state index is 12.0. The van der Waals surface area contributed by atoms with Crippen molar-refractivity contribution < 1.29 is 4.79 Å². The van der Waals surface area contributed by atoms with E-state index < -0.39 is 0 Å². The van der Waals surface area contributed by atoms with E-state index in [2.05, 4.69) is 27.4 Å². The van der Waals surface area contributed by atoms with E-state index in [0.29, 0.717) is 12.1 Å². The van der Waals surface area contributed by atoms with Crippen molar-refractivity contribution in [3.63, 3.8) is 0 Å². The van der Waals surface area contributed by atoms with E-state index in [4.69, 9.17) is 0 Å². The zero-order valence-electron chi connectivity index (χ0n) is 12.4. The summed E-state index contributed by atoms with van der Waals surface area (Å²) < 4.78 is 0. The lowest BCUT2D eigenvalue weighted by molar-refractivity contribution is 0.0947. The number of rotatable bonds is 8. The highest BCUT2D eigenvalue weighted by molar-refractivity contribution is 5.94. The Morgan fingerprint density at radius 3 is 2.75 bits per heavy atom. The van der Waals surface area contributed by atoms with E-state index in [-0.39, 0.29) is 5.91 Å². The van der Waals surface area contributed by atoms with Gasteiger partial charge in [0.2, 0.25) is 0 Å². The van der Waals surface area contributed by atoms with Crippen LogP contribution in [0.1, 0.15) is 37.0 Å². The normalized spacial score (nSPS) is 14.3. The summed E-state index contributed by atoms with van der Waals surface area (Å²) in [5.74, 6) is 0.752. The number of pyridine rings is 1. The van der Waals surface area contributed by atoms with Crippen LogP contribution < -0.4 is 10.6 Å². The largest absolute Gasteiger partial charge is 0.370 e. The number of nitrogens with zero attached hydrogens (tertiary/aromatic N) is 2. The molecule has 1 fully saturated rings. The van der Waals surface area contributed by atoms with E-state index in [1.54, 1.807) is 12.3 Å².